The van der Waals surface area contributed by atoms with E-state index in [4.69, 9.17) is 14.1 Å². The number of hydrogen-bond acceptors (Lipinski definition) is 5. The highest BCUT2D eigenvalue weighted by atomic mass is 16.5. The summed E-state index contributed by atoms with van der Waals surface area (Å²) in [6, 6.07) is 18.3. The van der Waals surface area contributed by atoms with Crippen molar-refractivity contribution < 1.29 is 23.8 Å². The van der Waals surface area contributed by atoms with Crippen LogP contribution in [0.5, 0.6) is 0 Å². The first-order chi connectivity index (χ1) is 18.2. The number of ether oxygens (including phenoxy) is 1. The van der Waals surface area contributed by atoms with Gasteiger partial charge >= 0.3 is 11.9 Å². The number of fused-ring (bicyclic) bond motifs is 2. The summed E-state index contributed by atoms with van der Waals surface area (Å²) < 4.78 is 11.2. The van der Waals surface area contributed by atoms with E-state index in [-0.39, 0.29) is 17.3 Å². The number of carboxylic acid groups (broad SMARTS) is 1. The number of pyridine rings is 1. The van der Waals surface area contributed by atoms with Crippen LogP contribution in [0.3, 0.4) is 0 Å². The number of aromatic nitrogens is 1. The molecule has 1 atom stereocenters. The van der Waals surface area contributed by atoms with Gasteiger partial charge in [0.05, 0.1) is 28.9 Å². The number of carbonyl (C=O) groups excluding carboxylic acids is 1. The molecular weight excluding hydrogens is 478 g/mol. The summed E-state index contributed by atoms with van der Waals surface area (Å²) in [7, 11) is 0. The van der Waals surface area contributed by atoms with Gasteiger partial charge < -0.3 is 14.3 Å². The zero-order chi connectivity index (χ0) is 27.0. The van der Waals surface area contributed by atoms with E-state index in [0.29, 0.717) is 46.6 Å². The second-order valence-corrected chi connectivity index (χ2v) is 10.8. The Morgan fingerprint density at radius 1 is 1.05 bits per heavy atom. The van der Waals surface area contributed by atoms with Crippen LogP contribution in [0.1, 0.15) is 71.8 Å². The SMILES string of the molecule is CCOC(=O)c1ccc(-c2ccc(/C=C3\C[C@@H](C(C)(C)C)Cc4c3nc3ccccc3c4C(=O)O)o2)cc1. The van der Waals surface area contributed by atoms with Crippen molar-refractivity contribution in [2.45, 2.75) is 40.5 Å². The van der Waals surface area contributed by atoms with Crippen LogP contribution in [0.2, 0.25) is 0 Å². The molecule has 0 saturated carbocycles. The third kappa shape index (κ3) is 4.86. The third-order valence-electron chi connectivity index (χ3n) is 7.28. The van der Waals surface area contributed by atoms with Crippen molar-refractivity contribution in [3.8, 4) is 11.3 Å². The van der Waals surface area contributed by atoms with Crippen LogP contribution in [0.15, 0.2) is 65.1 Å². The standard InChI is InChI=1S/C32H31NO5/c1-5-37-31(36)20-12-10-19(11-13-20)27-15-14-23(38-27)17-21-16-22(32(2,3)4)18-25-28(30(34)35)24-8-6-7-9-26(24)33-29(21)25/h6-15,17,22H,5,16,18H2,1-4H3,(H,34,35)/b21-17+/t22-/m1/s1. The molecule has 0 radical (unpaired) electrons. The molecule has 2 heterocycles. The van der Waals surface area contributed by atoms with Gasteiger partial charge in [0.2, 0.25) is 0 Å². The highest BCUT2D eigenvalue weighted by molar-refractivity contribution is 6.06. The molecule has 1 aliphatic rings. The lowest BCUT2D eigenvalue weighted by molar-refractivity contribution is 0.0525. The number of hydrogen-bond donors (Lipinski definition) is 1. The van der Waals surface area contributed by atoms with E-state index >= 15 is 0 Å². The van der Waals surface area contributed by atoms with Crippen molar-refractivity contribution in [3.05, 3.63) is 88.8 Å². The summed E-state index contributed by atoms with van der Waals surface area (Å²) in [4.78, 5) is 29.4. The largest absolute Gasteiger partial charge is 0.478 e. The fourth-order valence-corrected chi connectivity index (χ4v) is 5.12. The molecule has 0 spiro atoms. The highest BCUT2D eigenvalue weighted by Crippen LogP contribution is 2.45. The Hall–Kier alpha value is -4.19. The van der Waals surface area contributed by atoms with Gasteiger partial charge in [-0.1, -0.05) is 51.1 Å². The molecule has 0 amide bonds. The van der Waals surface area contributed by atoms with Gasteiger partial charge in [0.25, 0.3) is 0 Å². The smallest absolute Gasteiger partial charge is 0.338 e. The first kappa shape index (κ1) is 25.5. The van der Waals surface area contributed by atoms with Crippen LogP contribution < -0.4 is 0 Å². The molecule has 1 aliphatic carbocycles. The quantitative estimate of drug-likeness (QED) is 0.280. The van der Waals surface area contributed by atoms with Crippen LogP contribution in [0.4, 0.5) is 0 Å². The molecule has 0 bridgehead atoms. The van der Waals surface area contributed by atoms with Crippen LogP contribution >= 0.6 is 0 Å². The van der Waals surface area contributed by atoms with E-state index in [1.54, 1.807) is 19.1 Å². The van der Waals surface area contributed by atoms with Gasteiger partial charge in [0, 0.05) is 10.9 Å². The number of allylic oxidation sites excluding steroid dienone is 1. The summed E-state index contributed by atoms with van der Waals surface area (Å²) >= 11 is 0. The number of carboxylic acids is 1. The monoisotopic (exact) mass is 509 g/mol. The average molecular weight is 510 g/mol. The Labute approximate surface area is 222 Å². The summed E-state index contributed by atoms with van der Waals surface area (Å²) in [6.45, 7) is 8.69. The predicted molar refractivity (Wildman–Crippen MR) is 148 cm³/mol. The van der Waals surface area contributed by atoms with E-state index in [1.165, 1.54) is 0 Å². The second-order valence-electron chi connectivity index (χ2n) is 10.8. The number of esters is 1. The number of aromatic carboxylic acids is 1. The predicted octanol–water partition coefficient (Wildman–Crippen LogP) is 7.52. The second kappa shape index (κ2) is 9.93. The summed E-state index contributed by atoms with van der Waals surface area (Å²) in [5, 5.41) is 10.9. The number of para-hydroxylation sites is 1. The molecule has 0 aliphatic heterocycles. The van der Waals surface area contributed by atoms with E-state index in [0.717, 1.165) is 28.8 Å². The molecule has 5 rings (SSSR count). The first-order valence-corrected chi connectivity index (χ1v) is 12.9. The molecule has 6 heteroatoms. The summed E-state index contributed by atoms with van der Waals surface area (Å²) in [5.41, 5.74) is 4.82. The molecule has 2 aromatic heterocycles. The first-order valence-electron chi connectivity index (χ1n) is 12.9. The van der Waals surface area contributed by atoms with Crippen molar-refractivity contribution >= 4 is 34.5 Å². The van der Waals surface area contributed by atoms with E-state index < -0.39 is 5.97 Å². The molecule has 0 fully saturated rings. The normalized spacial score (nSPS) is 16.4. The zero-order valence-electron chi connectivity index (χ0n) is 22.1. The minimum Gasteiger partial charge on any atom is -0.478 e. The molecule has 0 unspecified atom stereocenters. The van der Waals surface area contributed by atoms with Gasteiger partial charge in [-0.05, 0) is 78.6 Å². The molecule has 38 heavy (non-hydrogen) atoms. The lowest BCUT2D eigenvalue weighted by atomic mass is 9.69. The Kier molecular flexibility index (Phi) is 6.66. The van der Waals surface area contributed by atoms with Crippen LogP contribution in [-0.4, -0.2) is 28.6 Å². The van der Waals surface area contributed by atoms with Crippen molar-refractivity contribution in [2.75, 3.05) is 6.61 Å². The molecule has 194 valence electrons. The van der Waals surface area contributed by atoms with Crippen LogP contribution in [-0.2, 0) is 11.2 Å². The van der Waals surface area contributed by atoms with Gasteiger partial charge in [0.15, 0.2) is 0 Å². The van der Waals surface area contributed by atoms with Crippen molar-refractivity contribution in [1.29, 1.82) is 0 Å². The van der Waals surface area contributed by atoms with Crippen molar-refractivity contribution in [2.24, 2.45) is 11.3 Å². The van der Waals surface area contributed by atoms with Crippen molar-refractivity contribution in [3.63, 3.8) is 0 Å². The lowest BCUT2D eigenvalue weighted by Crippen LogP contribution is -2.28. The fraction of sp³-hybridized carbons (Fsp3) is 0.281. The molecule has 4 aromatic rings. The highest BCUT2D eigenvalue weighted by Gasteiger charge is 2.35. The fourth-order valence-electron chi connectivity index (χ4n) is 5.12. The van der Waals surface area contributed by atoms with E-state index in [9.17, 15) is 14.7 Å². The Morgan fingerprint density at radius 2 is 1.79 bits per heavy atom. The molecule has 6 nitrogen and oxygen atoms in total. The summed E-state index contributed by atoms with van der Waals surface area (Å²) in [5.74, 6) is 0.298. The average Bonchev–Trinajstić information content (AvgIpc) is 3.35. The van der Waals surface area contributed by atoms with Crippen LogP contribution in [0, 0.1) is 11.3 Å². The maximum atomic E-state index is 12.5. The van der Waals surface area contributed by atoms with E-state index in [1.807, 2.05) is 54.6 Å². The molecule has 2 aromatic carbocycles. The Morgan fingerprint density at radius 3 is 2.47 bits per heavy atom. The topological polar surface area (TPSA) is 89.6 Å². The minimum atomic E-state index is -0.930. The van der Waals surface area contributed by atoms with E-state index in [2.05, 4.69) is 20.8 Å². The maximum absolute atomic E-state index is 12.5. The lowest BCUT2D eigenvalue weighted by Gasteiger charge is -2.36. The van der Waals surface area contributed by atoms with Crippen LogP contribution in [0.25, 0.3) is 33.9 Å². The number of furan rings is 1. The van der Waals surface area contributed by atoms with Gasteiger partial charge in [-0.15, -0.1) is 0 Å². The van der Waals surface area contributed by atoms with Crippen molar-refractivity contribution in [1.82, 2.24) is 4.98 Å². The van der Waals surface area contributed by atoms with Gasteiger partial charge in [-0.3, -0.25) is 0 Å². The number of benzene rings is 2. The zero-order valence-corrected chi connectivity index (χ0v) is 22.1. The number of nitrogens with zero attached hydrogens (tertiary/aromatic N) is 1. The van der Waals surface area contributed by atoms with Gasteiger partial charge in [-0.2, -0.15) is 0 Å². The number of carbonyl (C=O) groups is 2. The number of rotatable bonds is 5. The summed E-state index contributed by atoms with van der Waals surface area (Å²) in [6.07, 6.45) is 3.41. The molecule has 0 saturated heterocycles. The molecule has 1 N–H and O–H groups in total. The molecular formula is C32H31NO5. The Balaban J connectivity index is 1.57. The minimum absolute atomic E-state index is 0.0206. The maximum Gasteiger partial charge on any atom is 0.338 e. The third-order valence-corrected chi connectivity index (χ3v) is 7.28. The van der Waals surface area contributed by atoms with Gasteiger partial charge in [-0.25, -0.2) is 14.6 Å². The Bertz CT molecular complexity index is 1550. The van der Waals surface area contributed by atoms with Gasteiger partial charge in [0.1, 0.15) is 11.5 Å².